The quantitative estimate of drug-likeness (QED) is 0.544. The normalized spacial score (nSPS) is 23.5. The average molecular weight is 434 g/mol. The third kappa shape index (κ3) is 4.42. The van der Waals surface area contributed by atoms with E-state index in [2.05, 4.69) is 27.8 Å². The third-order valence-corrected chi connectivity index (χ3v) is 7.39. The average Bonchev–Trinajstić information content (AvgIpc) is 3.52. The van der Waals surface area contributed by atoms with Crippen molar-refractivity contribution in [2.24, 2.45) is 0 Å². The van der Waals surface area contributed by atoms with Crippen LogP contribution in [-0.2, 0) is 17.6 Å². The molecule has 31 heavy (non-hydrogen) atoms. The van der Waals surface area contributed by atoms with E-state index in [1.54, 1.807) is 11.3 Å². The lowest BCUT2D eigenvalue weighted by molar-refractivity contribution is -0.117. The minimum absolute atomic E-state index is 0.0348. The lowest BCUT2D eigenvalue weighted by Crippen LogP contribution is -2.35. The highest BCUT2D eigenvalue weighted by Crippen LogP contribution is 2.35. The Bertz CT molecular complexity index is 1030. The van der Waals surface area contributed by atoms with Gasteiger partial charge in [-0.3, -0.25) is 4.79 Å². The Labute approximate surface area is 186 Å². The van der Waals surface area contributed by atoms with Gasteiger partial charge < -0.3 is 15.7 Å². The Kier molecular flexibility index (Phi) is 5.85. The monoisotopic (exact) mass is 433 g/mol. The molecular formula is C25H27N3O2S. The molecule has 1 aromatic heterocycles. The summed E-state index contributed by atoms with van der Waals surface area (Å²) in [5, 5.41) is 17.3. The summed E-state index contributed by atoms with van der Waals surface area (Å²) in [7, 11) is 0. The molecule has 3 N–H and O–H groups in total. The number of carbonyl (C=O) groups excluding carboxylic acids is 1. The minimum atomic E-state index is -0.474. The van der Waals surface area contributed by atoms with Crippen molar-refractivity contribution in [1.29, 1.82) is 0 Å². The summed E-state index contributed by atoms with van der Waals surface area (Å²) >= 11 is 1.64. The van der Waals surface area contributed by atoms with Gasteiger partial charge in [0.2, 0.25) is 5.91 Å². The van der Waals surface area contributed by atoms with Gasteiger partial charge in [0.25, 0.3) is 0 Å². The van der Waals surface area contributed by atoms with E-state index in [0.717, 1.165) is 49.0 Å². The van der Waals surface area contributed by atoms with Crippen LogP contribution in [0.4, 0.5) is 5.69 Å². The molecular weight excluding hydrogens is 406 g/mol. The number of aliphatic hydroxyl groups excluding tert-OH is 1. The number of benzene rings is 2. The molecule has 6 heteroatoms. The molecule has 2 aliphatic rings. The second-order valence-corrected chi connectivity index (χ2v) is 9.48. The number of nitrogens with one attached hydrogen (secondary N) is 2. The number of aliphatic hydroxyl groups is 1. The van der Waals surface area contributed by atoms with Crippen molar-refractivity contribution < 1.29 is 9.90 Å². The molecule has 0 bridgehead atoms. The zero-order chi connectivity index (χ0) is 21.2. The fraction of sp³-hybridized carbons (Fsp3) is 0.360. The van der Waals surface area contributed by atoms with Crippen molar-refractivity contribution in [2.75, 3.05) is 5.32 Å². The summed E-state index contributed by atoms with van der Waals surface area (Å²) in [6.45, 7) is 0. The van der Waals surface area contributed by atoms with Crippen molar-refractivity contribution in [2.45, 2.75) is 56.2 Å². The highest BCUT2D eigenvalue weighted by molar-refractivity contribution is 7.09. The molecule has 1 aliphatic carbocycles. The number of amides is 1. The van der Waals surface area contributed by atoms with Gasteiger partial charge in [-0.05, 0) is 55.4 Å². The summed E-state index contributed by atoms with van der Waals surface area (Å²) in [6.07, 6.45) is 4.25. The zero-order valence-electron chi connectivity index (χ0n) is 17.3. The van der Waals surface area contributed by atoms with Gasteiger partial charge >= 0.3 is 0 Å². The number of anilines is 1. The van der Waals surface area contributed by atoms with Crippen LogP contribution in [0.5, 0.6) is 0 Å². The predicted octanol–water partition coefficient (Wildman–Crippen LogP) is 4.21. The van der Waals surface area contributed by atoms with E-state index in [1.165, 1.54) is 10.4 Å². The standard InChI is InChI=1S/C25H27N3O2S/c29-24(17-4-2-1-3-5-17)21-12-10-19(27-21)14-16-6-8-18(9-7-16)28-25(30)20-11-13-22-23(20)26-15-31-22/h1-9,15,19-21,24,27,29H,10-14H2,(H,28,30)/t19-,20?,21+,24+/m0/s1. The molecule has 1 amide bonds. The molecule has 2 aromatic carbocycles. The van der Waals surface area contributed by atoms with Crippen LogP contribution in [0, 0.1) is 0 Å². The third-order valence-electron chi connectivity index (χ3n) is 6.48. The van der Waals surface area contributed by atoms with Crippen molar-refractivity contribution in [1.82, 2.24) is 10.3 Å². The molecule has 3 aromatic rings. The smallest absolute Gasteiger partial charge is 0.233 e. The van der Waals surface area contributed by atoms with Crippen LogP contribution < -0.4 is 10.6 Å². The highest BCUT2D eigenvalue weighted by Gasteiger charge is 2.31. The van der Waals surface area contributed by atoms with Crippen LogP contribution in [0.1, 0.15) is 53.0 Å². The number of fused-ring (bicyclic) bond motifs is 1. The van der Waals surface area contributed by atoms with E-state index < -0.39 is 6.10 Å². The first kappa shape index (κ1) is 20.4. The van der Waals surface area contributed by atoms with E-state index >= 15 is 0 Å². The lowest BCUT2D eigenvalue weighted by Gasteiger charge is -2.20. The summed E-state index contributed by atoms with van der Waals surface area (Å²) in [6, 6.07) is 18.4. The van der Waals surface area contributed by atoms with Crippen LogP contribution in [0.3, 0.4) is 0 Å². The maximum Gasteiger partial charge on any atom is 0.233 e. The number of hydrogen-bond donors (Lipinski definition) is 3. The first-order chi connectivity index (χ1) is 15.2. The number of aryl methyl sites for hydroxylation is 1. The van der Waals surface area contributed by atoms with Gasteiger partial charge in [-0.25, -0.2) is 4.98 Å². The van der Waals surface area contributed by atoms with Crippen molar-refractivity contribution >= 4 is 22.9 Å². The number of aromatic nitrogens is 1. The van der Waals surface area contributed by atoms with Gasteiger partial charge in [-0.1, -0.05) is 42.5 Å². The van der Waals surface area contributed by atoms with Gasteiger partial charge in [0.15, 0.2) is 0 Å². The number of thiazole rings is 1. The SMILES string of the molecule is O=C(Nc1ccc(C[C@@H]2CC[C@H]([C@H](O)c3ccccc3)N2)cc1)C1CCc2scnc21. The van der Waals surface area contributed by atoms with Gasteiger partial charge in [0.1, 0.15) is 0 Å². The first-order valence-corrected chi connectivity index (χ1v) is 11.9. The number of nitrogens with zero attached hydrogens (tertiary/aromatic N) is 1. The van der Waals surface area contributed by atoms with Crippen molar-refractivity contribution in [3.63, 3.8) is 0 Å². The Hall–Kier alpha value is -2.54. The second kappa shape index (κ2) is 8.91. The molecule has 0 spiro atoms. The molecule has 1 saturated heterocycles. The van der Waals surface area contributed by atoms with Crippen molar-refractivity contribution in [3.05, 3.63) is 81.8 Å². The molecule has 0 radical (unpaired) electrons. The molecule has 5 nitrogen and oxygen atoms in total. The Morgan fingerprint density at radius 3 is 2.74 bits per heavy atom. The zero-order valence-corrected chi connectivity index (χ0v) is 18.1. The molecule has 5 rings (SSSR count). The van der Waals surface area contributed by atoms with Crippen molar-refractivity contribution in [3.8, 4) is 0 Å². The maximum absolute atomic E-state index is 12.7. The van der Waals surface area contributed by atoms with E-state index in [4.69, 9.17) is 0 Å². The van der Waals surface area contributed by atoms with E-state index in [1.807, 2.05) is 48.0 Å². The second-order valence-electron chi connectivity index (χ2n) is 8.55. The fourth-order valence-electron chi connectivity index (χ4n) is 4.80. The lowest BCUT2D eigenvalue weighted by atomic mass is 10.0. The molecule has 1 fully saturated rings. The van der Waals surface area contributed by atoms with Crippen LogP contribution in [-0.4, -0.2) is 28.1 Å². The van der Waals surface area contributed by atoms with Crippen LogP contribution in [0.2, 0.25) is 0 Å². The summed E-state index contributed by atoms with van der Waals surface area (Å²) in [5.41, 5.74) is 5.81. The maximum atomic E-state index is 12.7. The van der Waals surface area contributed by atoms with E-state index in [9.17, 15) is 9.90 Å². The van der Waals surface area contributed by atoms with Gasteiger partial charge in [-0.2, -0.15) is 0 Å². The van der Waals surface area contributed by atoms with Crippen LogP contribution >= 0.6 is 11.3 Å². The summed E-state index contributed by atoms with van der Waals surface area (Å²) in [5.74, 6) is -0.0933. The van der Waals surface area contributed by atoms with Gasteiger partial charge in [0, 0.05) is 22.6 Å². The number of rotatable bonds is 6. The fourth-order valence-corrected chi connectivity index (χ4v) is 5.64. The Morgan fingerprint density at radius 2 is 1.94 bits per heavy atom. The molecule has 2 heterocycles. The number of hydrogen-bond acceptors (Lipinski definition) is 5. The van der Waals surface area contributed by atoms with Crippen LogP contribution in [0.25, 0.3) is 0 Å². The molecule has 1 aliphatic heterocycles. The van der Waals surface area contributed by atoms with E-state index in [0.29, 0.717) is 6.04 Å². The van der Waals surface area contributed by atoms with Gasteiger partial charge in [0.05, 0.1) is 23.2 Å². The number of carbonyl (C=O) groups is 1. The Morgan fingerprint density at radius 1 is 1.13 bits per heavy atom. The molecule has 1 unspecified atom stereocenters. The van der Waals surface area contributed by atoms with E-state index in [-0.39, 0.29) is 17.9 Å². The molecule has 4 atom stereocenters. The Balaban J connectivity index is 1.15. The first-order valence-electron chi connectivity index (χ1n) is 11.0. The predicted molar refractivity (Wildman–Crippen MR) is 123 cm³/mol. The summed E-state index contributed by atoms with van der Waals surface area (Å²) < 4.78 is 0. The topological polar surface area (TPSA) is 74.2 Å². The van der Waals surface area contributed by atoms with Crippen LogP contribution in [0.15, 0.2) is 60.1 Å². The minimum Gasteiger partial charge on any atom is -0.387 e. The molecule has 160 valence electrons. The summed E-state index contributed by atoms with van der Waals surface area (Å²) in [4.78, 5) is 18.3. The van der Waals surface area contributed by atoms with Gasteiger partial charge in [-0.15, -0.1) is 11.3 Å². The molecule has 0 saturated carbocycles. The highest BCUT2D eigenvalue weighted by atomic mass is 32.1. The largest absolute Gasteiger partial charge is 0.387 e.